The zero-order chi connectivity index (χ0) is 22.0. The summed E-state index contributed by atoms with van der Waals surface area (Å²) in [6.07, 6.45) is 0. The van der Waals surface area contributed by atoms with Gasteiger partial charge in [0, 0.05) is 17.8 Å². The van der Waals surface area contributed by atoms with E-state index in [1.165, 1.54) is 7.11 Å². The molecular weight excluding hydrogens is 416 g/mol. The number of fused-ring (bicyclic) bond motifs is 2. The Hall–Kier alpha value is -3.71. The van der Waals surface area contributed by atoms with Crippen LogP contribution in [-0.2, 0) is 17.8 Å². The molecule has 3 N–H and O–H groups in total. The van der Waals surface area contributed by atoms with Crippen molar-refractivity contribution >= 4 is 34.2 Å². The lowest BCUT2D eigenvalue weighted by Gasteiger charge is -2.13. The van der Waals surface area contributed by atoms with Crippen molar-refractivity contribution < 1.29 is 18.3 Å². The van der Waals surface area contributed by atoms with E-state index in [1.807, 2.05) is 18.2 Å². The number of carbonyl (C=O) groups excluding carboxylic acids is 1. The standard InChI is InChI=1S/C22H18N4O4S/c1-30-21-10-15(3-4-16(21)11-23)14-5-6-17-19(9-14)25-18-7-2-13(12-24-31(28)29)8-20(18)26-22(17)27/h2-10,24-25H,12H2,1H3,(H,26,27)(H,28,29)/p-1. The molecule has 9 heteroatoms. The number of methoxy groups -OCH3 is 1. The van der Waals surface area contributed by atoms with Gasteiger partial charge in [0.05, 0.1) is 35.3 Å². The molecule has 0 radical (unpaired) electrons. The highest BCUT2D eigenvalue weighted by molar-refractivity contribution is 7.77. The van der Waals surface area contributed by atoms with Gasteiger partial charge in [0.15, 0.2) is 0 Å². The summed E-state index contributed by atoms with van der Waals surface area (Å²) in [4.78, 5) is 12.8. The summed E-state index contributed by atoms with van der Waals surface area (Å²) in [7, 11) is 1.51. The van der Waals surface area contributed by atoms with Crippen LogP contribution in [0.3, 0.4) is 0 Å². The number of anilines is 3. The third-order valence-electron chi connectivity index (χ3n) is 4.92. The van der Waals surface area contributed by atoms with Gasteiger partial charge < -0.3 is 19.9 Å². The van der Waals surface area contributed by atoms with Crippen molar-refractivity contribution in [2.75, 3.05) is 17.7 Å². The number of ether oxygens (including phenoxy) is 1. The van der Waals surface area contributed by atoms with Crippen LogP contribution in [-0.4, -0.2) is 21.8 Å². The van der Waals surface area contributed by atoms with Crippen LogP contribution >= 0.6 is 0 Å². The predicted molar refractivity (Wildman–Crippen MR) is 117 cm³/mol. The van der Waals surface area contributed by atoms with Crippen molar-refractivity contribution in [2.24, 2.45) is 0 Å². The molecule has 1 aliphatic heterocycles. The van der Waals surface area contributed by atoms with E-state index in [9.17, 15) is 18.8 Å². The van der Waals surface area contributed by atoms with Gasteiger partial charge in [-0.25, -0.2) is 4.72 Å². The number of rotatable bonds is 5. The number of hydrogen-bond donors (Lipinski definition) is 3. The van der Waals surface area contributed by atoms with Gasteiger partial charge in [-0.15, -0.1) is 0 Å². The Morgan fingerprint density at radius 2 is 1.81 bits per heavy atom. The van der Waals surface area contributed by atoms with Crippen molar-refractivity contribution in [3.63, 3.8) is 0 Å². The number of amides is 1. The fourth-order valence-electron chi connectivity index (χ4n) is 3.38. The van der Waals surface area contributed by atoms with Crippen LogP contribution in [0.1, 0.15) is 21.5 Å². The minimum atomic E-state index is -2.37. The molecular formula is C22H17N4O4S-. The second-order valence-electron chi connectivity index (χ2n) is 6.80. The van der Waals surface area contributed by atoms with Crippen LogP contribution in [0, 0.1) is 11.3 Å². The molecule has 0 bridgehead atoms. The highest BCUT2D eigenvalue weighted by Crippen LogP contribution is 2.36. The number of nitrogens with one attached hydrogen (secondary N) is 3. The molecule has 4 rings (SSSR count). The molecule has 8 nitrogen and oxygen atoms in total. The summed E-state index contributed by atoms with van der Waals surface area (Å²) in [5.41, 5.74) is 5.19. The summed E-state index contributed by atoms with van der Waals surface area (Å²) in [6.45, 7) is 0.122. The molecule has 3 aromatic rings. The lowest BCUT2D eigenvalue weighted by molar-refractivity contribution is 0.102. The maximum atomic E-state index is 12.8. The Morgan fingerprint density at radius 1 is 1.03 bits per heavy atom. The van der Waals surface area contributed by atoms with Gasteiger partial charge in [-0.3, -0.25) is 9.00 Å². The highest BCUT2D eigenvalue weighted by Gasteiger charge is 2.20. The molecule has 1 amide bonds. The Kier molecular flexibility index (Phi) is 5.68. The van der Waals surface area contributed by atoms with E-state index in [4.69, 9.17) is 4.74 Å². The maximum Gasteiger partial charge on any atom is 0.257 e. The molecule has 156 valence electrons. The minimum absolute atomic E-state index is 0.122. The van der Waals surface area contributed by atoms with Crippen LogP contribution in [0.5, 0.6) is 5.75 Å². The molecule has 0 aromatic heterocycles. The molecule has 1 atom stereocenters. The molecule has 0 fully saturated rings. The second-order valence-corrected chi connectivity index (χ2v) is 7.56. The van der Waals surface area contributed by atoms with Gasteiger partial charge in [-0.05, 0) is 53.1 Å². The lowest BCUT2D eigenvalue weighted by atomic mass is 10.0. The van der Waals surface area contributed by atoms with E-state index in [-0.39, 0.29) is 12.5 Å². The van der Waals surface area contributed by atoms with Crippen LogP contribution < -0.4 is 20.1 Å². The van der Waals surface area contributed by atoms with Crippen LogP contribution in [0.15, 0.2) is 54.6 Å². The average molecular weight is 433 g/mol. The largest absolute Gasteiger partial charge is 0.760 e. The smallest absolute Gasteiger partial charge is 0.257 e. The van der Waals surface area contributed by atoms with E-state index >= 15 is 0 Å². The SMILES string of the molecule is COc1cc(-c2ccc3c(c2)Nc2ccc(CNS(=O)[O-])cc2NC3=O)ccc1C#N. The summed E-state index contributed by atoms with van der Waals surface area (Å²) < 4.78 is 29.1. The topological polar surface area (TPSA) is 126 Å². The fraction of sp³-hybridized carbons (Fsp3) is 0.0909. The molecule has 0 spiro atoms. The molecule has 0 aliphatic carbocycles. The number of nitrogens with zero attached hydrogens (tertiary/aromatic N) is 1. The third kappa shape index (κ3) is 4.27. The molecule has 1 heterocycles. The van der Waals surface area contributed by atoms with E-state index in [0.29, 0.717) is 39.5 Å². The summed E-state index contributed by atoms with van der Waals surface area (Å²) in [5.74, 6) is 0.203. The van der Waals surface area contributed by atoms with Gasteiger partial charge in [0.25, 0.3) is 5.91 Å². The van der Waals surface area contributed by atoms with Gasteiger partial charge >= 0.3 is 0 Å². The van der Waals surface area contributed by atoms with Crippen molar-refractivity contribution in [2.45, 2.75) is 6.54 Å². The Bertz CT molecular complexity index is 1250. The first-order valence-electron chi connectivity index (χ1n) is 9.25. The van der Waals surface area contributed by atoms with E-state index in [1.54, 1.807) is 36.4 Å². The predicted octanol–water partition coefficient (Wildman–Crippen LogP) is 3.43. The Morgan fingerprint density at radius 3 is 2.55 bits per heavy atom. The summed E-state index contributed by atoms with van der Waals surface area (Å²) in [5, 5.41) is 15.3. The van der Waals surface area contributed by atoms with Crippen molar-refractivity contribution in [1.29, 1.82) is 5.26 Å². The van der Waals surface area contributed by atoms with Gasteiger partial charge in [0.1, 0.15) is 11.8 Å². The van der Waals surface area contributed by atoms with Crippen molar-refractivity contribution in [3.8, 4) is 22.9 Å². The summed E-state index contributed by atoms with van der Waals surface area (Å²) in [6, 6.07) is 18.1. The normalized spacial score (nSPS) is 13.0. The number of hydrogen-bond acceptors (Lipinski definition) is 6. The first kappa shape index (κ1) is 20.6. The van der Waals surface area contributed by atoms with Gasteiger partial charge in [-0.2, -0.15) is 5.26 Å². The van der Waals surface area contributed by atoms with Gasteiger partial charge in [-0.1, -0.05) is 18.2 Å². The van der Waals surface area contributed by atoms with Gasteiger partial charge in [0.2, 0.25) is 0 Å². The summed E-state index contributed by atoms with van der Waals surface area (Å²) >= 11 is -2.37. The molecule has 31 heavy (non-hydrogen) atoms. The Labute approximate surface area is 181 Å². The average Bonchev–Trinajstić information content (AvgIpc) is 2.91. The first-order valence-corrected chi connectivity index (χ1v) is 10.3. The van der Waals surface area contributed by atoms with Crippen LogP contribution in [0.25, 0.3) is 11.1 Å². The van der Waals surface area contributed by atoms with Crippen molar-refractivity contribution in [1.82, 2.24) is 4.72 Å². The molecule has 1 aliphatic rings. The molecule has 3 aromatic carbocycles. The van der Waals surface area contributed by atoms with E-state index in [2.05, 4.69) is 21.4 Å². The first-order chi connectivity index (χ1) is 15.0. The molecule has 0 saturated carbocycles. The minimum Gasteiger partial charge on any atom is -0.760 e. The van der Waals surface area contributed by atoms with Crippen LogP contribution in [0.4, 0.5) is 17.1 Å². The monoisotopic (exact) mass is 433 g/mol. The lowest BCUT2D eigenvalue weighted by Crippen LogP contribution is -2.16. The van der Waals surface area contributed by atoms with E-state index < -0.39 is 11.3 Å². The number of nitriles is 1. The fourth-order valence-corrected chi connectivity index (χ4v) is 3.66. The second kappa shape index (κ2) is 8.57. The van der Waals surface area contributed by atoms with E-state index in [0.717, 1.165) is 11.1 Å². The number of benzene rings is 3. The van der Waals surface area contributed by atoms with Crippen molar-refractivity contribution in [3.05, 3.63) is 71.3 Å². The highest BCUT2D eigenvalue weighted by atomic mass is 32.2. The molecule has 0 saturated heterocycles. The quantitative estimate of drug-likeness (QED) is 0.529. The zero-order valence-corrected chi connectivity index (χ0v) is 17.2. The maximum absolute atomic E-state index is 12.8. The Balaban J connectivity index is 1.69. The third-order valence-corrected chi connectivity index (χ3v) is 5.30. The zero-order valence-electron chi connectivity index (χ0n) is 16.4. The van der Waals surface area contributed by atoms with Crippen LogP contribution in [0.2, 0.25) is 0 Å². The molecule has 1 unspecified atom stereocenters. The number of carbonyl (C=O) groups is 1.